The molecule has 4 nitrogen and oxygen atoms in total. The van der Waals surface area contributed by atoms with E-state index in [1.807, 2.05) is 19.1 Å². The van der Waals surface area contributed by atoms with Crippen molar-refractivity contribution in [2.75, 3.05) is 0 Å². The molecular weight excluding hydrogens is 264 g/mol. The minimum absolute atomic E-state index is 0.00866. The number of carbonyl (C=O) groups is 1. The van der Waals surface area contributed by atoms with Crippen LogP contribution < -0.4 is 0 Å². The summed E-state index contributed by atoms with van der Waals surface area (Å²) in [6.07, 6.45) is 0. The maximum atomic E-state index is 10.9. The Morgan fingerprint density at radius 2 is 2.05 bits per heavy atom. The molecule has 0 aliphatic carbocycles. The normalized spacial score (nSPS) is 10.5. The first-order valence-electron chi connectivity index (χ1n) is 5.62. The van der Waals surface area contributed by atoms with Gasteiger partial charge >= 0.3 is 5.97 Å². The Hall–Kier alpha value is -2.07. The van der Waals surface area contributed by atoms with Crippen LogP contribution in [0.15, 0.2) is 30.8 Å². The van der Waals surface area contributed by atoms with Crippen molar-refractivity contribution >= 4 is 23.1 Å². The number of hydrogen-bond donors (Lipinski definition) is 1. The number of aromatic carboxylic acids is 1. The quantitative estimate of drug-likeness (QED) is 0.934. The summed E-state index contributed by atoms with van der Waals surface area (Å²) >= 11 is 6.08. The second-order valence-electron chi connectivity index (χ2n) is 4.35. The highest BCUT2D eigenvalue weighted by Gasteiger charge is 2.13. The third-order valence-electron chi connectivity index (χ3n) is 2.79. The minimum Gasteiger partial charge on any atom is -0.476 e. The van der Waals surface area contributed by atoms with Crippen LogP contribution in [0.25, 0.3) is 16.8 Å². The molecule has 1 heterocycles. The molecule has 98 valence electrons. The van der Waals surface area contributed by atoms with Crippen LogP contribution in [0.5, 0.6) is 0 Å². The molecule has 0 aliphatic heterocycles. The van der Waals surface area contributed by atoms with Gasteiger partial charge in [0.2, 0.25) is 0 Å². The van der Waals surface area contributed by atoms with Crippen LogP contribution in [0.2, 0.25) is 5.02 Å². The zero-order valence-corrected chi connectivity index (χ0v) is 11.4. The van der Waals surface area contributed by atoms with Gasteiger partial charge < -0.3 is 5.11 Å². The van der Waals surface area contributed by atoms with Crippen molar-refractivity contribution in [3.63, 3.8) is 0 Å². The largest absolute Gasteiger partial charge is 0.476 e. The number of rotatable bonds is 3. The summed E-state index contributed by atoms with van der Waals surface area (Å²) in [5, 5.41) is 13.5. The van der Waals surface area contributed by atoms with E-state index < -0.39 is 5.97 Å². The molecule has 19 heavy (non-hydrogen) atoms. The lowest BCUT2D eigenvalue weighted by Crippen LogP contribution is -1.99. The van der Waals surface area contributed by atoms with Gasteiger partial charge in [-0.2, -0.15) is 5.10 Å². The lowest BCUT2D eigenvalue weighted by Gasteiger charge is -2.06. The van der Waals surface area contributed by atoms with E-state index in [1.165, 1.54) is 10.7 Å². The van der Waals surface area contributed by atoms with Gasteiger partial charge in [-0.1, -0.05) is 23.8 Å². The molecule has 0 spiro atoms. The Balaban J connectivity index is 2.58. The summed E-state index contributed by atoms with van der Waals surface area (Å²) in [6, 6.07) is 7.03. The van der Waals surface area contributed by atoms with Crippen LogP contribution in [0, 0.1) is 0 Å². The molecule has 0 aliphatic rings. The van der Waals surface area contributed by atoms with Crippen molar-refractivity contribution in [2.24, 2.45) is 7.05 Å². The van der Waals surface area contributed by atoms with E-state index >= 15 is 0 Å². The molecule has 0 unspecified atom stereocenters. The predicted molar refractivity (Wildman–Crippen MR) is 75.3 cm³/mol. The summed E-state index contributed by atoms with van der Waals surface area (Å²) in [6.45, 7) is 5.77. The SMILES string of the molecule is C=C(C)c1cc(Cl)cc(-c2cc(C(=O)O)nn2C)c1. The molecule has 1 aromatic heterocycles. The molecule has 0 bridgehead atoms. The third kappa shape index (κ3) is 2.69. The highest BCUT2D eigenvalue weighted by Crippen LogP contribution is 2.27. The number of hydrogen-bond acceptors (Lipinski definition) is 2. The van der Waals surface area contributed by atoms with E-state index in [4.69, 9.17) is 16.7 Å². The zero-order valence-electron chi connectivity index (χ0n) is 10.6. The average molecular weight is 277 g/mol. The standard InChI is InChI=1S/C14H13ClN2O2/c1-8(2)9-4-10(6-11(15)5-9)13-7-12(14(18)19)16-17(13)3/h4-7H,1H2,2-3H3,(H,18,19). The van der Waals surface area contributed by atoms with Gasteiger partial charge in [-0.15, -0.1) is 0 Å². The molecule has 0 saturated carbocycles. The summed E-state index contributed by atoms with van der Waals surface area (Å²) in [4.78, 5) is 10.9. The highest BCUT2D eigenvalue weighted by atomic mass is 35.5. The molecule has 5 heteroatoms. The lowest BCUT2D eigenvalue weighted by atomic mass is 10.0. The molecule has 2 aromatic rings. The van der Waals surface area contributed by atoms with Crippen LogP contribution in [-0.4, -0.2) is 20.9 Å². The van der Waals surface area contributed by atoms with Gasteiger partial charge in [-0.25, -0.2) is 4.79 Å². The van der Waals surface area contributed by atoms with Crippen molar-refractivity contribution in [1.82, 2.24) is 9.78 Å². The summed E-state index contributed by atoms with van der Waals surface area (Å²) in [7, 11) is 1.70. The van der Waals surface area contributed by atoms with Gasteiger partial charge in [-0.05, 0) is 36.8 Å². The van der Waals surface area contributed by atoms with E-state index in [9.17, 15) is 4.79 Å². The first-order valence-corrected chi connectivity index (χ1v) is 6.00. The molecule has 1 aromatic carbocycles. The number of carboxylic acid groups (broad SMARTS) is 1. The molecule has 0 fully saturated rings. The van der Waals surface area contributed by atoms with Crippen molar-refractivity contribution in [3.8, 4) is 11.3 Å². The van der Waals surface area contributed by atoms with Gasteiger partial charge in [0.15, 0.2) is 5.69 Å². The molecule has 0 amide bonds. The van der Waals surface area contributed by atoms with Gasteiger partial charge in [0, 0.05) is 17.6 Å². The molecule has 1 N–H and O–H groups in total. The summed E-state index contributed by atoms with van der Waals surface area (Å²) in [5.41, 5.74) is 3.33. The average Bonchev–Trinajstić information content (AvgIpc) is 2.70. The Labute approximate surface area is 115 Å². The van der Waals surface area contributed by atoms with Crippen molar-refractivity contribution in [1.29, 1.82) is 0 Å². The van der Waals surface area contributed by atoms with Gasteiger partial charge in [0.05, 0.1) is 5.69 Å². The Morgan fingerprint density at radius 1 is 1.37 bits per heavy atom. The van der Waals surface area contributed by atoms with Gasteiger partial charge in [-0.3, -0.25) is 4.68 Å². The van der Waals surface area contributed by atoms with Crippen molar-refractivity contribution in [3.05, 3.63) is 47.1 Å². The monoisotopic (exact) mass is 276 g/mol. The maximum Gasteiger partial charge on any atom is 0.356 e. The van der Waals surface area contributed by atoms with E-state index in [0.29, 0.717) is 10.7 Å². The van der Waals surface area contributed by atoms with E-state index in [0.717, 1.165) is 16.7 Å². The fraction of sp³-hybridized carbons (Fsp3) is 0.143. The van der Waals surface area contributed by atoms with Crippen LogP contribution in [0.4, 0.5) is 0 Å². The van der Waals surface area contributed by atoms with Gasteiger partial charge in [0.25, 0.3) is 0 Å². The number of aromatic nitrogens is 2. The summed E-state index contributed by atoms with van der Waals surface area (Å²) in [5.74, 6) is -1.05. The number of halogens is 1. The molecule has 0 saturated heterocycles. The predicted octanol–water partition coefficient (Wildman–Crippen LogP) is 3.47. The van der Waals surface area contributed by atoms with Crippen LogP contribution in [-0.2, 0) is 7.05 Å². The molecule has 0 atom stereocenters. The number of allylic oxidation sites excluding steroid dienone is 1. The Kier molecular flexibility index (Phi) is 3.44. The number of carboxylic acids is 1. The second kappa shape index (κ2) is 4.90. The number of nitrogens with zero attached hydrogens (tertiary/aromatic N) is 2. The van der Waals surface area contributed by atoms with Gasteiger partial charge in [0.1, 0.15) is 0 Å². The van der Waals surface area contributed by atoms with Crippen LogP contribution >= 0.6 is 11.6 Å². The van der Waals surface area contributed by atoms with E-state index in [2.05, 4.69) is 11.7 Å². The summed E-state index contributed by atoms with van der Waals surface area (Å²) < 4.78 is 1.53. The smallest absolute Gasteiger partial charge is 0.356 e. The Bertz CT molecular complexity index is 674. The molecular formula is C14H13ClN2O2. The minimum atomic E-state index is -1.05. The number of benzene rings is 1. The third-order valence-corrected chi connectivity index (χ3v) is 3.00. The van der Waals surface area contributed by atoms with Crippen LogP contribution in [0.1, 0.15) is 23.0 Å². The fourth-order valence-corrected chi connectivity index (χ4v) is 2.06. The van der Waals surface area contributed by atoms with Crippen molar-refractivity contribution in [2.45, 2.75) is 6.92 Å². The van der Waals surface area contributed by atoms with Crippen molar-refractivity contribution < 1.29 is 9.90 Å². The lowest BCUT2D eigenvalue weighted by molar-refractivity contribution is 0.0689. The maximum absolute atomic E-state index is 10.9. The Morgan fingerprint density at radius 3 is 2.58 bits per heavy atom. The first kappa shape index (κ1) is 13.4. The zero-order chi connectivity index (χ0) is 14.2. The topological polar surface area (TPSA) is 55.1 Å². The second-order valence-corrected chi connectivity index (χ2v) is 4.79. The number of aryl methyl sites for hydroxylation is 1. The highest BCUT2D eigenvalue weighted by molar-refractivity contribution is 6.31. The van der Waals surface area contributed by atoms with E-state index in [-0.39, 0.29) is 5.69 Å². The fourth-order valence-electron chi connectivity index (χ4n) is 1.83. The molecule has 2 rings (SSSR count). The molecule has 0 radical (unpaired) electrons. The van der Waals surface area contributed by atoms with E-state index in [1.54, 1.807) is 13.1 Å². The first-order chi connectivity index (χ1) is 8.88. The van der Waals surface area contributed by atoms with Crippen LogP contribution in [0.3, 0.4) is 0 Å².